The number of allylic oxidation sites excluding steroid dienone is 3. The third kappa shape index (κ3) is 5.23. The molecule has 2 atom stereocenters. The van der Waals surface area contributed by atoms with Crippen molar-refractivity contribution < 1.29 is 36.3 Å². The molecule has 40 heavy (non-hydrogen) atoms. The fourth-order valence-corrected chi connectivity index (χ4v) is 6.05. The summed E-state index contributed by atoms with van der Waals surface area (Å²) in [5.74, 6) is 2.53. The van der Waals surface area contributed by atoms with Crippen LogP contribution in [0, 0.1) is 0 Å². The Morgan fingerprint density at radius 1 is 0.950 bits per heavy atom. The highest BCUT2D eigenvalue weighted by atomic mass is 35.5. The molecule has 3 aliphatic heterocycles. The Kier molecular flexibility index (Phi) is 7.45. The van der Waals surface area contributed by atoms with Crippen LogP contribution in [0.2, 0.25) is 0 Å². The lowest BCUT2D eigenvalue weighted by Gasteiger charge is -2.38. The van der Waals surface area contributed by atoms with Gasteiger partial charge in [-0.2, -0.15) is 0 Å². The molecule has 0 spiro atoms. The molecule has 0 saturated heterocycles. The zero-order chi connectivity index (χ0) is 27.5. The van der Waals surface area contributed by atoms with E-state index in [1.807, 2.05) is 0 Å². The van der Waals surface area contributed by atoms with Crippen molar-refractivity contribution in [3.63, 3.8) is 0 Å². The maximum atomic E-state index is 6.64. The molecular formula is C34H40ClNO4. The number of hydrogen-bond donors (Lipinski definition) is 1. The van der Waals surface area contributed by atoms with Crippen molar-refractivity contribution in [2.75, 3.05) is 20.4 Å². The predicted molar refractivity (Wildman–Crippen MR) is 154 cm³/mol. The second-order valence-corrected chi connectivity index (χ2v) is 12.9. The van der Waals surface area contributed by atoms with Crippen LogP contribution in [0.3, 0.4) is 0 Å². The Hall–Kier alpha value is -2.99. The van der Waals surface area contributed by atoms with Gasteiger partial charge >= 0.3 is 0 Å². The second-order valence-electron chi connectivity index (χ2n) is 12.9. The summed E-state index contributed by atoms with van der Waals surface area (Å²) in [7, 11) is 1.73. The zero-order valence-corrected chi connectivity index (χ0v) is 25.4. The summed E-state index contributed by atoms with van der Waals surface area (Å²) in [6.45, 7) is 14.4. The highest BCUT2D eigenvalue weighted by molar-refractivity contribution is 5.77. The van der Waals surface area contributed by atoms with Crippen LogP contribution in [-0.4, -0.2) is 32.2 Å². The Morgan fingerprint density at radius 2 is 1.65 bits per heavy atom. The highest BCUT2D eigenvalue weighted by Crippen LogP contribution is 2.43. The van der Waals surface area contributed by atoms with Crippen molar-refractivity contribution in [3.05, 3.63) is 99.5 Å². The van der Waals surface area contributed by atoms with E-state index >= 15 is 0 Å². The van der Waals surface area contributed by atoms with Gasteiger partial charge in [-0.15, -0.1) is 0 Å². The number of methoxy groups -OCH3 is 1. The molecule has 0 radical (unpaired) electrons. The van der Waals surface area contributed by atoms with Crippen LogP contribution < -0.4 is 26.8 Å². The molecule has 2 aromatic rings. The van der Waals surface area contributed by atoms with E-state index in [9.17, 15) is 0 Å². The number of fused-ring (bicyclic) bond motifs is 5. The summed E-state index contributed by atoms with van der Waals surface area (Å²) in [5.41, 5.74) is 10.1. The van der Waals surface area contributed by atoms with Crippen molar-refractivity contribution in [2.24, 2.45) is 0 Å². The maximum absolute atomic E-state index is 6.64. The van der Waals surface area contributed by atoms with E-state index in [-0.39, 0.29) is 36.3 Å². The summed E-state index contributed by atoms with van der Waals surface area (Å²) in [5, 5.41) is 0. The highest BCUT2D eigenvalue weighted by Gasteiger charge is 2.41. The predicted octanol–water partition coefficient (Wildman–Crippen LogP) is 2.66. The summed E-state index contributed by atoms with van der Waals surface area (Å²) < 4.78 is 24.0. The molecule has 0 amide bonds. The number of quaternary nitrogens is 1. The average Bonchev–Trinajstić information content (AvgIpc) is 3.34. The summed E-state index contributed by atoms with van der Waals surface area (Å²) in [6.07, 6.45) is 8.22. The van der Waals surface area contributed by atoms with E-state index < -0.39 is 0 Å². The molecule has 6 heteroatoms. The van der Waals surface area contributed by atoms with Gasteiger partial charge in [0.2, 0.25) is 6.79 Å². The van der Waals surface area contributed by atoms with Gasteiger partial charge in [0.1, 0.15) is 23.8 Å². The van der Waals surface area contributed by atoms with E-state index in [2.05, 4.69) is 96.3 Å². The quantitative estimate of drug-likeness (QED) is 0.623. The van der Waals surface area contributed by atoms with E-state index in [0.29, 0.717) is 0 Å². The number of halogens is 1. The topological polar surface area (TPSA) is 41.4 Å². The monoisotopic (exact) mass is 561 g/mol. The maximum Gasteiger partial charge on any atom is 0.231 e. The zero-order valence-electron chi connectivity index (χ0n) is 24.6. The minimum atomic E-state index is -0.319. The van der Waals surface area contributed by atoms with Crippen LogP contribution in [0.15, 0.2) is 77.2 Å². The Bertz CT molecular complexity index is 1430. The smallest absolute Gasteiger partial charge is 0.231 e. The fraction of sp³-hybridized carbons (Fsp3) is 0.412. The standard InChI is InChI=1S/C34H39NO4.ClH/c1-33(2,3)23-10-8-21(9-11-23)16-26-24-12-13-28(36-7)32(39-34(4,5)6)27(24)19-35-15-14-22-17-29-30(38-20-37-29)18-25(22)31(26)35;/h8-13,17-19,32H,14-16,20H2,1-7H3;1H. The third-order valence-electron chi connectivity index (χ3n) is 7.98. The number of hydrogen-bond acceptors (Lipinski definition) is 4. The van der Waals surface area contributed by atoms with Crippen molar-refractivity contribution >= 4 is 5.70 Å². The van der Waals surface area contributed by atoms with Gasteiger partial charge in [0.25, 0.3) is 0 Å². The average molecular weight is 562 g/mol. The first-order valence-corrected chi connectivity index (χ1v) is 14.0. The SMILES string of the molecule is COC1=CC=C2C(=C[NH+]3CCc4cc5c(cc4C3=C2Cc2ccc(C(C)(C)C)cc2)OCO5)C1OC(C)(C)C.[Cl-]. The molecule has 1 N–H and O–H groups in total. The number of ether oxygens (including phenoxy) is 4. The van der Waals surface area contributed by atoms with Crippen molar-refractivity contribution in [1.29, 1.82) is 0 Å². The Labute approximate surface area is 244 Å². The normalized spacial score (nSPS) is 21.3. The molecule has 0 fully saturated rings. The van der Waals surface area contributed by atoms with E-state index in [4.69, 9.17) is 18.9 Å². The molecule has 2 aromatic carbocycles. The van der Waals surface area contributed by atoms with Gasteiger partial charge in [-0.25, -0.2) is 0 Å². The first kappa shape index (κ1) is 28.5. The lowest BCUT2D eigenvalue weighted by Crippen LogP contribution is -3.06. The van der Waals surface area contributed by atoms with Crippen LogP contribution in [0.4, 0.5) is 0 Å². The van der Waals surface area contributed by atoms with Crippen molar-refractivity contribution in [3.8, 4) is 11.5 Å². The van der Waals surface area contributed by atoms with Crippen LogP contribution in [0.25, 0.3) is 5.70 Å². The van der Waals surface area contributed by atoms with Gasteiger partial charge in [0.05, 0.1) is 19.3 Å². The van der Waals surface area contributed by atoms with Gasteiger partial charge in [-0.3, -0.25) is 4.90 Å². The molecule has 0 saturated carbocycles. The first-order valence-electron chi connectivity index (χ1n) is 14.0. The lowest BCUT2D eigenvalue weighted by atomic mass is 9.79. The third-order valence-corrected chi connectivity index (χ3v) is 7.98. The Morgan fingerprint density at radius 3 is 2.30 bits per heavy atom. The Balaban J connectivity index is 0.00000323. The summed E-state index contributed by atoms with van der Waals surface area (Å²) in [4.78, 5) is 1.36. The van der Waals surface area contributed by atoms with Crippen LogP contribution in [0.1, 0.15) is 63.8 Å². The fourth-order valence-electron chi connectivity index (χ4n) is 6.05. The number of benzene rings is 2. The molecule has 3 heterocycles. The van der Waals surface area contributed by atoms with Gasteiger partial charge in [0.15, 0.2) is 11.5 Å². The van der Waals surface area contributed by atoms with Crippen LogP contribution in [0.5, 0.6) is 11.5 Å². The minimum absolute atomic E-state index is 0. The molecule has 212 valence electrons. The van der Waals surface area contributed by atoms with Crippen molar-refractivity contribution in [1.82, 2.24) is 0 Å². The van der Waals surface area contributed by atoms with Crippen LogP contribution >= 0.6 is 0 Å². The van der Waals surface area contributed by atoms with Gasteiger partial charge < -0.3 is 31.4 Å². The van der Waals surface area contributed by atoms with E-state index in [0.717, 1.165) is 36.6 Å². The second kappa shape index (κ2) is 10.4. The number of rotatable bonds is 4. The molecule has 6 rings (SSSR count). The lowest BCUT2D eigenvalue weighted by molar-refractivity contribution is -0.771. The van der Waals surface area contributed by atoms with Crippen molar-refractivity contribution in [2.45, 2.75) is 71.5 Å². The molecule has 2 unspecified atom stereocenters. The van der Waals surface area contributed by atoms with Gasteiger partial charge in [-0.1, -0.05) is 51.1 Å². The van der Waals surface area contributed by atoms with Crippen LogP contribution in [-0.2, 0) is 27.7 Å². The molecule has 0 aromatic heterocycles. The summed E-state index contributed by atoms with van der Waals surface area (Å²) >= 11 is 0. The molecular weight excluding hydrogens is 522 g/mol. The van der Waals surface area contributed by atoms with Gasteiger partial charge in [0, 0.05) is 29.6 Å². The molecule has 4 aliphatic rings. The molecule has 5 nitrogen and oxygen atoms in total. The van der Waals surface area contributed by atoms with E-state index in [1.165, 1.54) is 49.6 Å². The molecule has 1 aliphatic carbocycles. The minimum Gasteiger partial charge on any atom is -1.00 e. The van der Waals surface area contributed by atoms with Gasteiger partial charge in [-0.05, 0) is 66.7 Å². The first-order chi connectivity index (χ1) is 18.5. The largest absolute Gasteiger partial charge is 1.00 e. The summed E-state index contributed by atoms with van der Waals surface area (Å²) in [6, 6.07) is 13.5. The van der Waals surface area contributed by atoms with E-state index in [1.54, 1.807) is 7.11 Å². The molecule has 0 bridgehead atoms. The number of nitrogens with one attached hydrogen (secondary N) is 1.